The van der Waals surface area contributed by atoms with Crippen LogP contribution in [0.3, 0.4) is 0 Å². The van der Waals surface area contributed by atoms with Gasteiger partial charge in [-0.05, 0) is 6.92 Å². The SMILES string of the molecule is CC1CNCCN1C(=O)/C=C/C(=O)O. The number of hydrogen-bond donors (Lipinski definition) is 2. The van der Waals surface area contributed by atoms with E-state index in [4.69, 9.17) is 5.11 Å². The van der Waals surface area contributed by atoms with E-state index in [0.717, 1.165) is 25.2 Å². The summed E-state index contributed by atoms with van der Waals surface area (Å²) in [6.45, 7) is 4.08. The van der Waals surface area contributed by atoms with Crippen molar-refractivity contribution < 1.29 is 14.7 Å². The van der Waals surface area contributed by atoms with Crippen LogP contribution >= 0.6 is 0 Å². The number of nitrogens with one attached hydrogen (secondary N) is 1. The molecule has 1 aliphatic rings. The fraction of sp³-hybridized carbons (Fsp3) is 0.556. The molecular weight excluding hydrogens is 184 g/mol. The standard InChI is InChI=1S/C9H14N2O3/c1-7-6-10-4-5-11(7)8(12)2-3-9(13)14/h2-3,7,10H,4-6H2,1H3,(H,13,14)/b3-2+. The van der Waals surface area contributed by atoms with Gasteiger partial charge >= 0.3 is 5.97 Å². The lowest BCUT2D eigenvalue weighted by molar-refractivity contribution is -0.133. The summed E-state index contributed by atoms with van der Waals surface area (Å²) in [5.41, 5.74) is 0. The van der Waals surface area contributed by atoms with E-state index in [9.17, 15) is 9.59 Å². The Labute approximate surface area is 82.4 Å². The molecule has 1 aliphatic heterocycles. The number of amides is 1. The summed E-state index contributed by atoms with van der Waals surface area (Å²) in [4.78, 5) is 23.3. The molecule has 14 heavy (non-hydrogen) atoms. The van der Waals surface area contributed by atoms with Crippen LogP contribution < -0.4 is 5.32 Å². The first kappa shape index (κ1) is 10.7. The Kier molecular flexibility index (Phi) is 3.64. The minimum Gasteiger partial charge on any atom is -0.478 e. The summed E-state index contributed by atoms with van der Waals surface area (Å²) in [5.74, 6) is -1.33. The van der Waals surface area contributed by atoms with E-state index in [2.05, 4.69) is 5.32 Å². The zero-order valence-electron chi connectivity index (χ0n) is 8.06. The number of nitrogens with zero attached hydrogens (tertiary/aromatic N) is 1. The Morgan fingerprint density at radius 2 is 2.21 bits per heavy atom. The van der Waals surface area contributed by atoms with Crippen LogP contribution in [0, 0.1) is 0 Å². The average molecular weight is 198 g/mol. The molecular formula is C9H14N2O3. The smallest absolute Gasteiger partial charge is 0.328 e. The number of hydrogen-bond acceptors (Lipinski definition) is 3. The van der Waals surface area contributed by atoms with Crippen molar-refractivity contribution in [1.29, 1.82) is 0 Å². The van der Waals surface area contributed by atoms with Gasteiger partial charge in [-0.3, -0.25) is 4.79 Å². The number of carbonyl (C=O) groups excluding carboxylic acids is 1. The molecule has 1 fully saturated rings. The normalized spacial score (nSPS) is 22.6. The molecule has 1 rings (SSSR count). The summed E-state index contributed by atoms with van der Waals surface area (Å²) in [5, 5.41) is 11.5. The molecule has 0 spiro atoms. The van der Waals surface area contributed by atoms with Crippen molar-refractivity contribution in [3.8, 4) is 0 Å². The minimum absolute atomic E-state index is 0.120. The van der Waals surface area contributed by atoms with Crippen LogP contribution in [0.4, 0.5) is 0 Å². The van der Waals surface area contributed by atoms with Gasteiger partial charge in [0, 0.05) is 37.8 Å². The van der Waals surface area contributed by atoms with E-state index in [1.165, 1.54) is 0 Å². The van der Waals surface area contributed by atoms with Crippen LogP contribution in [0.2, 0.25) is 0 Å². The third-order valence-corrected chi connectivity index (χ3v) is 2.15. The van der Waals surface area contributed by atoms with Gasteiger partial charge in [-0.25, -0.2) is 4.79 Å². The molecule has 5 nitrogen and oxygen atoms in total. The highest BCUT2D eigenvalue weighted by Gasteiger charge is 2.20. The Morgan fingerprint density at radius 1 is 1.50 bits per heavy atom. The Bertz CT molecular complexity index is 263. The van der Waals surface area contributed by atoms with Gasteiger partial charge in [0.1, 0.15) is 0 Å². The highest BCUT2D eigenvalue weighted by atomic mass is 16.4. The summed E-state index contributed by atoms with van der Waals surface area (Å²) in [7, 11) is 0. The van der Waals surface area contributed by atoms with E-state index in [-0.39, 0.29) is 11.9 Å². The topological polar surface area (TPSA) is 69.6 Å². The molecule has 0 aromatic carbocycles. The summed E-state index contributed by atoms with van der Waals surface area (Å²) < 4.78 is 0. The average Bonchev–Trinajstić information content (AvgIpc) is 2.15. The van der Waals surface area contributed by atoms with Crippen LogP contribution in [-0.2, 0) is 9.59 Å². The second-order valence-electron chi connectivity index (χ2n) is 3.26. The predicted molar refractivity (Wildman–Crippen MR) is 50.8 cm³/mol. The van der Waals surface area contributed by atoms with Crippen molar-refractivity contribution in [2.45, 2.75) is 13.0 Å². The van der Waals surface area contributed by atoms with Crippen molar-refractivity contribution in [3.63, 3.8) is 0 Å². The molecule has 0 aliphatic carbocycles. The number of piperazine rings is 1. The first-order valence-electron chi connectivity index (χ1n) is 4.53. The van der Waals surface area contributed by atoms with Gasteiger partial charge in [0.2, 0.25) is 5.91 Å². The number of rotatable bonds is 2. The Morgan fingerprint density at radius 3 is 2.79 bits per heavy atom. The maximum atomic E-state index is 11.5. The highest BCUT2D eigenvalue weighted by molar-refractivity contribution is 5.94. The molecule has 78 valence electrons. The number of carboxylic acids is 1. The fourth-order valence-electron chi connectivity index (χ4n) is 1.41. The van der Waals surface area contributed by atoms with E-state index in [0.29, 0.717) is 6.54 Å². The van der Waals surface area contributed by atoms with Gasteiger partial charge in [0.15, 0.2) is 0 Å². The maximum absolute atomic E-state index is 11.5. The largest absolute Gasteiger partial charge is 0.478 e. The zero-order valence-corrected chi connectivity index (χ0v) is 8.06. The van der Waals surface area contributed by atoms with E-state index >= 15 is 0 Å². The maximum Gasteiger partial charge on any atom is 0.328 e. The molecule has 2 N–H and O–H groups in total. The molecule has 5 heteroatoms. The lowest BCUT2D eigenvalue weighted by Crippen LogP contribution is -2.51. The van der Waals surface area contributed by atoms with Gasteiger partial charge < -0.3 is 15.3 Å². The number of carboxylic acid groups (broad SMARTS) is 1. The third kappa shape index (κ3) is 2.85. The minimum atomic E-state index is -1.10. The van der Waals surface area contributed by atoms with Gasteiger partial charge in [0.05, 0.1) is 0 Å². The first-order valence-corrected chi connectivity index (χ1v) is 4.53. The number of aliphatic carboxylic acids is 1. The van der Waals surface area contributed by atoms with Crippen molar-refractivity contribution in [3.05, 3.63) is 12.2 Å². The van der Waals surface area contributed by atoms with Gasteiger partial charge in [-0.1, -0.05) is 0 Å². The second kappa shape index (κ2) is 4.76. The molecule has 0 radical (unpaired) electrons. The lowest BCUT2D eigenvalue weighted by atomic mass is 10.2. The highest BCUT2D eigenvalue weighted by Crippen LogP contribution is 2.03. The van der Waals surface area contributed by atoms with E-state index in [1.807, 2.05) is 6.92 Å². The lowest BCUT2D eigenvalue weighted by Gasteiger charge is -2.33. The van der Waals surface area contributed by atoms with Crippen molar-refractivity contribution in [2.24, 2.45) is 0 Å². The van der Waals surface area contributed by atoms with Crippen molar-refractivity contribution in [2.75, 3.05) is 19.6 Å². The molecule has 0 bridgehead atoms. The molecule has 1 amide bonds. The summed E-state index contributed by atoms with van der Waals surface area (Å²) >= 11 is 0. The summed E-state index contributed by atoms with van der Waals surface area (Å²) in [6, 6.07) is 0.120. The first-order chi connectivity index (χ1) is 6.61. The Balaban J connectivity index is 2.54. The van der Waals surface area contributed by atoms with Crippen molar-refractivity contribution in [1.82, 2.24) is 10.2 Å². The van der Waals surface area contributed by atoms with E-state index in [1.54, 1.807) is 4.90 Å². The monoisotopic (exact) mass is 198 g/mol. The van der Waals surface area contributed by atoms with Gasteiger partial charge in [0.25, 0.3) is 0 Å². The van der Waals surface area contributed by atoms with Gasteiger partial charge in [-0.15, -0.1) is 0 Å². The van der Waals surface area contributed by atoms with E-state index < -0.39 is 5.97 Å². The molecule has 1 saturated heterocycles. The molecule has 0 aromatic rings. The van der Waals surface area contributed by atoms with Crippen LogP contribution in [0.25, 0.3) is 0 Å². The van der Waals surface area contributed by atoms with Crippen molar-refractivity contribution >= 4 is 11.9 Å². The molecule has 0 aromatic heterocycles. The Hall–Kier alpha value is -1.36. The third-order valence-electron chi connectivity index (χ3n) is 2.15. The number of carbonyl (C=O) groups is 2. The molecule has 1 atom stereocenters. The zero-order chi connectivity index (χ0) is 10.6. The molecule has 0 saturated carbocycles. The molecule has 1 unspecified atom stereocenters. The predicted octanol–water partition coefficient (Wildman–Crippen LogP) is -0.552. The van der Waals surface area contributed by atoms with Crippen LogP contribution in [-0.4, -0.2) is 47.6 Å². The second-order valence-corrected chi connectivity index (χ2v) is 3.26. The summed E-state index contributed by atoms with van der Waals surface area (Å²) in [6.07, 6.45) is 1.97. The van der Waals surface area contributed by atoms with Crippen LogP contribution in [0.5, 0.6) is 0 Å². The van der Waals surface area contributed by atoms with Crippen LogP contribution in [0.15, 0.2) is 12.2 Å². The quantitative estimate of drug-likeness (QED) is 0.584. The van der Waals surface area contributed by atoms with Gasteiger partial charge in [-0.2, -0.15) is 0 Å². The molecule has 1 heterocycles. The van der Waals surface area contributed by atoms with Crippen LogP contribution in [0.1, 0.15) is 6.92 Å². The fourth-order valence-corrected chi connectivity index (χ4v) is 1.41.